The first-order valence-corrected chi connectivity index (χ1v) is 47.0. The predicted molar refractivity (Wildman–Crippen MR) is 563 cm³/mol. The van der Waals surface area contributed by atoms with Gasteiger partial charge >= 0.3 is 0 Å². The van der Waals surface area contributed by atoms with Gasteiger partial charge in [-0.3, -0.25) is 0 Å². The quantitative estimate of drug-likeness (QED) is 0.134. The van der Waals surface area contributed by atoms with Gasteiger partial charge in [0.15, 0.2) is 0 Å². The number of fused-ring (bicyclic) bond motifs is 10. The maximum absolute atomic E-state index is 10.0. The van der Waals surface area contributed by atoms with Gasteiger partial charge in [0.05, 0.1) is 46.0 Å². The number of nitrogens with zero attached hydrogens (tertiary/aromatic N) is 4. The monoisotopic (exact) mass is 1700 g/mol. The SMILES string of the molecule is [2H]c1c([2H])c([2H])c(-c2ccc3c(c2)N(c2c(-c4ccc(C(C)(C)C)cc4)cccc2-c2ccc(C(C)(C)C)cc2C(C)(C)C)c2cc(-n4c5ccc(C(C)(C)C)cc5c5cc(C(C)(C)C)ccc54)cc4c2B3c2ccc(-n3c5ccc(C(C)(C)C)cc5c5cc(C(C)(C)C)ccc53)cc2N4c2c(-c3ccc(C(C)(C)C)cc3)cccc2-c2c(C(C)(C)C)cccc2C(C)(C)C)c([2H])c1[2H]. The Balaban J connectivity index is 1.11. The van der Waals surface area contributed by atoms with Crippen molar-refractivity contribution in [2.75, 3.05) is 9.80 Å². The molecule has 0 bridgehead atoms. The van der Waals surface area contributed by atoms with Crippen molar-refractivity contribution < 1.29 is 6.85 Å². The van der Waals surface area contributed by atoms with Crippen LogP contribution in [0.2, 0.25) is 0 Å². The summed E-state index contributed by atoms with van der Waals surface area (Å²) in [5.74, 6) is 0. The third-order valence-corrected chi connectivity index (χ3v) is 27.9. The molecule has 0 radical (unpaired) electrons. The van der Waals surface area contributed by atoms with Crippen molar-refractivity contribution in [2.24, 2.45) is 0 Å². The van der Waals surface area contributed by atoms with Crippen molar-refractivity contribution >= 4 is 101 Å². The summed E-state index contributed by atoms with van der Waals surface area (Å²) in [5.41, 5.74) is 34.5. The summed E-state index contributed by atoms with van der Waals surface area (Å²) in [6, 6.07) is 93.0. The summed E-state index contributed by atoms with van der Waals surface area (Å²) < 4.78 is 53.3. The summed E-state index contributed by atoms with van der Waals surface area (Å²) in [7, 11) is 0. The van der Waals surface area contributed by atoms with Gasteiger partial charge in [-0.2, -0.15) is 0 Å². The molecule has 0 amide bonds. The number of benzene rings is 14. The normalized spacial score (nSPS) is 14.3. The standard InChI is InChI=1S/C124H135BN4/c1-115(2,3)80-50-45-77(46-51-80)89-39-34-41-92(91-60-54-86(121(19,20)21)72-100(91)124(28,29)30)113(89)128-107-67-79(76-37-32-31-33-38-76)49-61-101(107)125-102-62-59-87(126-103-63-55-82(117(7,8)9)68-94(103)95-69-83(118(10,11)12)56-64-104(95)126)73-108(102)129(110-75-88(74-109(128)112(110)125)127-105-65-57-84(119(13,14)15)70-96(105)97-71-85(120(16,17)18)58-66-106(97)127)114-90(78-47-52-81(53-48-78)116(4,5)6)40-35-42-93(114)111-98(122(22,23)24)43-36-44-99(111)123(25,26)27/h31-75H,1-30H3/i31D,32D,33D,37D,38D. The second-order valence-electron chi connectivity index (χ2n) is 47.7. The van der Waals surface area contributed by atoms with Gasteiger partial charge in [0.2, 0.25) is 0 Å². The van der Waals surface area contributed by atoms with E-state index >= 15 is 0 Å². The van der Waals surface area contributed by atoms with Crippen LogP contribution in [0.15, 0.2) is 273 Å². The first-order chi connectivity index (χ1) is 62.4. The highest BCUT2D eigenvalue weighted by atomic mass is 15.2. The second-order valence-corrected chi connectivity index (χ2v) is 47.7. The average Bonchev–Trinajstić information content (AvgIpc) is 1.06. The minimum Gasteiger partial charge on any atom is -0.310 e. The van der Waals surface area contributed by atoms with Crippen LogP contribution in [0.25, 0.3) is 111 Å². The van der Waals surface area contributed by atoms with Gasteiger partial charge in [-0.05, 0) is 238 Å². The van der Waals surface area contributed by atoms with E-state index in [0.717, 1.165) is 134 Å². The van der Waals surface area contributed by atoms with E-state index in [0.29, 0.717) is 5.56 Å². The molecule has 2 aliphatic heterocycles. The summed E-state index contributed by atoms with van der Waals surface area (Å²) in [6.07, 6.45) is 0. The molecule has 129 heavy (non-hydrogen) atoms. The molecule has 14 aromatic carbocycles. The van der Waals surface area contributed by atoms with Crippen molar-refractivity contribution in [1.29, 1.82) is 0 Å². The lowest BCUT2D eigenvalue weighted by Gasteiger charge is -2.46. The minimum atomic E-state index is -0.537. The molecule has 2 aliphatic rings. The van der Waals surface area contributed by atoms with Gasteiger partial charge in [0, 0.05) is 72.2 Å². The van der Waals surface area contributed by atoms with Crippen LogP contribution in [-0.2, 0) is 54.1 Å². The Morgan fingerprint density at radius 3 is 0.961 bits per heavy atom. The fraction of sp³-hybridized carbons (Fsp3) is 0.323. The highest BCUT2D eigenvalue weighted by Gasteiger charge is 2.47. The van der Waals surface area contributed by atoms with Crippen LogP contribution in [0, 0.1) is 0 Å². The Morgan fingerprint density at radius 1 is 0.233 bits per heavy atom. The van der Waals surface area contributed by atoms with Crippen LogP contribution < -0.4 is 26.2 Å². The highest BCUT2D eigenvalue weighted by molar-refractivity contribution is 7.00. The van der Waals surface area contributed by atoms with Crippen LogP contribution in [0.4, 0.5) is 34.1 Å². The van der Waals surface area contributed by atoms with Gasteiger partial charge in [-0.15, -0.1) is 0 Å². The van der Waals surface area contributed by atoms with E-state index in [1.165, 1.54) is 72.0 Å². The topological polar surface area (TPSA) is 16.3 Å². The fourth-order valence-corrected chi connectivity index (χ4v) is 20.4. The summed E-state index contributed by atoms with van der Waals surface area (Å²) in [4.78, 5) is 5.32. The summed E-state index contributed by atoms with van der Waals surface area (Å²) in [6.45, 7) is 69.3. The molecule has 0 unspecified atom stereocenters. The Morgan fingerprint density at radius 2 is 0.558 bits per heavy atom. The van der Waals surface area contributed by atoms with Crippen molar-refractivity contribution in [2.45, 2.75) is 262 Å². The average molecular weight is 1700 g/mol. The molecule has 0 atom stereocenters. The lowest BCUT2D eigenvalue weighted by Crippen LogP contribution is -2.61. The molecule has 0 saturated heterocycles. The molecular weight excluding hydrogens is 1560 g/mol. The van der Waals surface area contributed by atoms with Crippen molar-refractivity contribution in [1.82, 2.24) is 9.13 Å². The molecule has 16 aromatic rings. The number of rotatable bonds is 9. The van der Waals surface area contributed by atoms with Crippen molar-refractivity contribution in [3.05, 3.63) is 329 Å². The van der Waals surface area contributed by atoms with Crippen LogP contribution in [0.1, 0.15) is 270 Å². The van der Waals surface area contributed by atoms with E-state index in [4.69, 9.17) is 1.37 Å². The molecule has 0 aliphatic carbocycles. The van der Waals surface area contributed by atoms with Crippen LogP contribution in [-0.4, -0.2) is 15.8 Å². The van der Waals surface area contributed by atoms with Crippen LogP contribution in [0.3, 0.4) is 0 Å². The molecule has 2 aromatic heterocycles. The Hall–Kier alpha value is -11.7. The maximum atomic E-state index is 10.0. The second kappa shape index (κ2) is 30.5. The molecule has 4 heterocycles. The Kier molecular flexibility index (Phi) is 19.3. The van der Waals surface area contributed by atoms with E-state index in [9.17, 15) is 5.48 Å². The summed E-state index contributed by atoms with van der Waals surface area (Å²) in [5, 5.41) is 4.72. The zero-order valence-corrected chi connectivity index (χ0v) is 82.5. The third kappa shape index (κ3) is 15.5. The largest absolute Gasteiger partial charge is 0.310 e. The van der Waals surface area contributed by atoms with Crippen molar-refractivity contribution in [3.8, 4) is 67.0 Å². The van der Waals surface area contributed by atoms with E-state index in [2.05, 4.69) is 463 Å². The molecular formula is C124H135BN4. The molecule has 0 fully saturated rings. The summed E-state index contributed by atoms with van der Waals surface area (Å²) >= 11 is 0. The van der Waals surface area contributed by atoms with Crippen molar-refractivity contribution in [3.63, 3.8) is 0 Å². The number of hydrogen-bond donors (Lipinski definition) is 0. The van der Waals surface area contributed by atoms with Crippen LogP contribution >= 0.6 is 0 Å². The van der Waals surface area contributed by atoms with Crippen LogP contribution in [0.5, 0.6) is 0 Å². The fourth-order valence-electron chi connectivity index (χ4n) is 20.4. The number of para-hydroxylation sites is 2. The first kappa shape index (κ1) is 81.8. The van der Waals surface area contributed by atoms with Gasteiger partial charge in [-0.1, -0.05) is 402 Å². The molecule has 654 valence electrons. The van der Waals surface area contributed by atoms with E-state index in [-0.39, 0.29) is 83.9 Å². The first-order valence-electron chi connectivity index (χ1n) is 49.5. The molecule has 4 nitrogen and oxygen atoms in total. The van der Waals surface area contributed by atoms with E-state index in [1.807, 2.05) is 6.07 Å². The molecule has 0 N–H and O–H groups in total. The molecule has 18 rings (SSSR count). The van der Waals surface area contributed by atoms with E-state index < -0.39 is 12.8 Å². The van der Waals surface area contributed by atoms with Gasteiger partial charge < -0.3 is 18.9 Å². The predicted octanol–water partition coefficient (Wildman–Crippen LogP) is 33.3. The maximum Gasteiger partial charge on any atom is 0.252 e. The minimum absolute atomic E-state index is 0.132. The lowest BCUT2D eigenvalue weighted by atomic mass is 9.33. The van der Waals surface area contributed by atoms with Gasteiger partial charge in [-0.25, -0.2) is 0 Å². The Labute approximate surface area is 779 Å². The zero-order valence-electron chi connectivity index (χ0n) is 87.5. The molecule has 0 spiro atoms. The number of hydrogen-bond acceptors (Lipinski definition) is 2. The van der Waals surface area contributed by atoms with E-state index in [1.54, 1.807) is 0 Å². The zero-order chi connectivity index (χ0) is 96.6. The molecule has 5 heteroatoms. The number of aromatic nitrogens is 2. The highest BCUT2D eigenvalue weighted by Crippen LogP contribution is 2.58. The molecule has 0 saturated carbocycles. The number of anilines is 6. The smallest absolute Gasteiger partial charge is 0.252 e. The lowest BCUT2D eigenvalue weighted by molar-refractivity contribution is 0.569. The van der Waals surface area contributed by atoms with Gasteiger partial charge in [0.25, 0.3) is 6.71 Å². The third-order valence-electron chi connectivity index (χ3n) is 27.9. The van der Waals surface area contributed by atoms with Gasteiger partial charge in [0.1, 0.15) is 0 Å². The Bertz CT molecular complexity index is 7300.